The number of quaternary nitrogens is 1. The Morgan fingerprint density at radius 1 is 1.18 bits per heavy atom. The summed E-state index contributed by atoms with van der Waals surface area (Å²) in [5.41, 5.74) is 0. The summed E-state index contributed by atoms with van der Waals surface area (Å²) >= 11 is 0. The zero-order chi connectivity index (χ0) is 8.74. The van der Waals surface area contributed by atoms with Crippen LogP contribution in [0.4, 0.5) is 0 Å². The molecule has 0 aliphatic carbocycles. The summed E-state index contributed by atoms with van der Waals surface area (Å²) in [7, 11) is 2.29. The van der Waals surface area contributed by atoms with Crippen molar-refractivity contribution in [2.45, 2.75) is 20.8 Å². The zero-order valence-electron chi connectivity index (χ0n) is 8.39. The fraction of sp³-hybridized carbons (Fsp3) is 1.00. The van der Waals surface area contributed by atoms with Crippen LogP contribution in [0, 0.1) is 0 Å². The SMILES string of the molecule is CC.CC[N+]1(C)CCOCC1. The molecule has 1 fully saturated rings. The molecular weight excluding hydrogens is 138 g/mol. The van der Waals surface area contributed by atoms with E-state index < -0.39 is 0 Å². The Balaban J connectivity index is 0.000000461. The molecule has 0 unspecified atom stereocenters. The van der Waals surface area contributed by atoms with Gasteiger partial charge in [-0.05, 0) is 6.92 Å². The number of nitrogens with zero attached hydrogens (tertiary/aromatic N) is 1. The molecule has 0 atom stereocenters. The lowest BCUT2D eigenvalue weighted by molar-refractivity contribution is -0.915. The molecule has 68 valence electrons. The van der Waals surface area contributed by atoms with Gasteiger partial charge in [-0.1, -0.05) is 13.8 Å². The van der Waals surface area contributed by atoms with Gasteiger partial charge in [0.15, 0.2) is 0 Å². The monoisotopic (exact) mass is 160 g/mol. The first-order chi connectivity index (χ1) is 5.27. The summed E-state index contributed by atoms with van der Waals surface area (Å²) < 4.78 is 6.45. The maximum Gasteiger partial charge on any atom is 0.102 e. The Morgan fingerprint density at radius 3 is 1.91 bits per heavy atom. The largest absolute Gasteiger partial charge is 0.370 e. The van der Waals surface area contributed by atoms with Gasteiger partial charge in [0, 0.05) is 0 Å². The summed E-state index contributed by atoms with van der Waals surface area (Å²) in [5, 5.41) is 0. The summed E-state index contributed by atoms with van der Waals surface area (Å²) in [6.07, 6.45) is 0. The molecule has 0 radical (unpaired) electrons. The molecule has 0 amide bonds. The van der Waals surface area contributed by atoms with Crippen molar-refractivity contribution in [3.05, 3.63) is 0 Å². The second-order valence-electron chi connectivity index (χ2n) is 3.00. The molecule has 1 aliphatic heterocycles. The fourth-order valence-electron chi connectivity index (χ4n) is 1.10. The van der Waals surface area contributed by atoms with Gasteiger partial charge in [0.25, 0.3) is 0 Å². The van der Waals surface area contributed by atoms with E-state index in [0.717, 1.165) is 13.2 Å². The number of likely N-dealkylation sites (N-methyl/N-ethyl adjacent to an activating group) is 1. The molecule has 0 aromatic rings. The molecule has 2 nitrogen and oxygen atoms in total. The summed E-state index contributed by atoms with van der Waals surface area (Å²) in [5.74, 6) is 0. The van der Waals surface area contributed by atoms with E-state index in [0.29, 0.717) is 0 Å². The number of morpholine rings is 1. The topological polar surface area (TPSA) is 9.23 Å². The average molecular weight is 160 g/mol. The van der Waals surface area contributed by atoms with Gasteiger partial charge in [-0.15, -0.1) is 0 Å². The molecule has 1 rings (SSSR count). The first kappa shape index (κ1) is 10.9. The maximum atomic E-state index is 5.25. The van der Waals surface area contributed by atoms with E-state index in [-0.39, 0.29) is 0 Å². The minimum atomic E-state index is 0.949. The van der Waals surface area contributed by atoms with Gasteiger partial charge < -0.3 is 9.22 Å². The molecule has 0 saturated carbocycles. The summed E-state index contributed by atoms with van der Waals surface area (Å²) in [6, 6.07) is 0. The minimum Gasteiger partial charge on any atom is -0.370 e. The Kier molecular flexibility index (Phi) is 5.51. The predicted molar refractivity (Wildman–Crippen MR) is 48.6 cm³/mol. The van der Waals surface area contributed by atoms with Crippen molar-refractivity contribution in [1.29, 1.82) is 0 Å². The van der Waals surface area contributed by atoms with Gasteiger partial charge in [-0.3, -0.25) is 0 Å². The van der Waals surface area contributed by atoms with Gasteiger partial charge in [0.05, 0.1) is 26.8 Å². The third-order valence-corrected chi connectivity index (χ3v) is 2.31. The third-order valence-electron chi connectivity index (χ3n) is 2.31. The molecule has 1 aliphatic rings. The van der Waals surface area contributed by atoms with Gasteiger partial charge in [0.2, 0.25) is 0 Å². The first-order valence-electron chi connectivity index (χ1n) is 4.68. The molecule has 1 saturated heterocycles. The van der Waals surface area contributed by atoms with Crippen molar-refractivity contribution >= 4 is 0 Å². The molecule has 2 heteroatoms. The molecule has 0 aromatic heterocycles. The van der Waals surface area contributed by atoms with Gasteiger partial charge >= 0.3 is 0 Å². The van der Waals surface area contributed by atoms with Crippen molar-refractivity contribution in [1.82, 2.24) is 0 Å². The standard InChI is InChI=1S/C7H16NO.C2H6/c1-3-8(2)4-6-9-7-5-8;1-2/h3-7H2,1-2H3;1-2H3/q+1;. The van der Waals surface area contributed by atoms with Crippen LogP contribution in [0.25, 0.3) is 0 Å². The minimum absolute atomic E-state index is 0.949. The lowest BCUT2D eigenvalue weighted by Crippen LogP contribution is -2.51. The highest BCUT2D eigenvalue weighted by atomic mass is 16.5. The van der Waals surface area contributed by atoms with E-state index in [1.54, 1.807) is 0 Å². The molecule has 0 spiro atoms. The lowest BCUT2D eigenvalue weighted by atomic mass is 10.3. The van der Waals surface area contributed by atoms with Crippen molar-refractivity contribution in [3.8, 4) is 0 Å². The van der Waals surface area contributed by atoms with Crippen LogP contribution in [0.5, 0.6) is 0 Å². The van der Waals surface area contributed by atoms with E-state index in [9.17, 15) is 0 Å². The smallest absolute Gasteiger partial charge is 0.102 e. The molecule has 1 heterocycles. The number of rotatable bonds is 1. The first-order valence-corrected chi connectivity index (χ1v) is 4.68. The molecular formula is C9H22NO+. The molecule has 11 heavy (non-hydrogen) atoms. The maximum absolute atomic E-state index is 5.25. The van der Waals surface area contributed by atoms with E-state index in [2.05, 4.69) is 14.0 Å². The highest BCUT2D eigenvalue weighted by molar-refractivity contribution is 4.43. The highest BCUT2D eigenvalue weighted by Crippen LogP contribution is 2.05. The highest BCUT2D eigenvalue weighted by Gasteiger charge is 2.21. The van der Waals surface area contributed by atoms with Gasteiger partial charge in [-0.25, -0.2) is 0 Å². The van der Waals surface area contributed by atoms with E-state index in [1.807, 2.05) is 13.8 Å². The van der Waals surface area contributed by atoms with Crippen LogP contribution in [0.1, 0.15) is 20.8 Å². The van der Waals surface area contributed by atoms with E-state index >= 15 is 0 Å². The van der Waals surface area contributed by atoms with Gasteiger partial charge in [0.1, 0.15) is 13.1 Å². The van der Waals surface area contributed by atoms with Crippen LogP contribution in [0.3, 0.4) is 0 Å². The van der Waals surface area contributed by atoms with Gasteiger partial charge in [-0.2, -0.15) is 0 Å². The summed E-state index contributed by atoms with van der Waals surface area (Å²) in [4.78, 5) is 0. The number of hydrogen-bond acceptors (Lipinski definition) is 1. The van der Waals surface area contributed by atoms with Crippen molar-refractivity contribution in [3.63, 3.8) is 0 Å². The Bertz CT molecular complexity index is 87.6. The molecule has 0 N–H and O–H groups in total. The normalized spacial score (nSPS) is 21.8. The Hall–Kier alpha value is -0.0800. The van der Waals surface area contributed by atoms with Crippen LogP contribution in [0.15, 0.2) is 0 Å². The third kappa shape index (κ3) is 3.73. The second kappa shape index (κ2) is 5.56. The molecule has 0 bridgehead atoms. The second-order valence-corrected chi connectivity index (χ2v) is 3.00. The average Bonchev–Trinajstić information content (AvgIpc) is 2.10. The lowest BCUT2D eigenvalue weighted by Gasteiger charge is -2.36. The quantitative estimate of drug-likeness (QED) is 0.528. The summed E-state index contributed by atoms with van der Waals surface area (Å²) in [6.45, 7) is 11.8. The zero-order valence-corrected chi connectivity index (χ0v) is 8.39. The number of ether oxygens (including phenoxy) is 1. The van der Waals surface area contributed by atoms with Crippen LogP contribution in [-0.2, 0) is 4.74 Å². The van der Waals surface area contributed by atoms with Crippen molar-refractivity contribution < 1.29 is 9.22 Å². The van der Waals surface area contributed by atoms with Crippen LogP contribution in [0.2, 0.25) is 0 Å². The van der Waals surface area contributed by atoms with Crippen LogP contribution in [-0.4, -0.2) is 44.4 Å². The van der Waals surface area contributed by atoms with E-state index in [4.69, 9.17) is 4.74 Å². The Labute approximate surface area is 70.7 Å². The van der Waals surface area contributed by atoms with Crippen molar-refractivity contribution in [2.24, 2.45) is 0 Å². The molecule has 0 aromatic carbocycles. The van der Waals surface area contributed by atoms with E-state index in [1.165, 1.54) is 24.1 Å². The van der Waals surface area contributed by atoms with Crippen LogP contribution >= 0.6 is 0 Å². The van der Waals surface area contributed by atoms with Crippen molar-refractivity contribution in [2.75, 3.05) is 39.9 Å². The number of hydrogen-bond donors (Lipinski definition) is 0. The fourth-order valence-corrected chi connectivity index (χ4v) is 1.10. The Morgan fingerprint density at radius 2 is 1.64 bits per heavy atom. The predicted octanol–water partition coefficient (Wildman–Crippen LogP) is 1.51. The van der Waals surface area contributed by atoms with Crippen LogP contribution < -0.4 is 0 Å².